The SMILES string of the molecule is O=C(O)CCc1cccc(NC(=O)c2cc(Cl)c[nH]2)c1. The van der Waals surface area contributed by atoms with Crippen LogP contribution in [0.2, 0.25) is 5.02 Å². The van der Waals surface area contributed by atoms with Crippen molar-refractivity contribution in [3.63, 3.8) is 0 Å². The van der Waals surface area contributed by atoms with Crippen LogP contribution in [-0.2, 0) is 11.2 Å². The molecular formula is C14H13ClN2O3. The molecule has 20 heavy (non-hydrogen) atoms. The lowest BCUT2D eigenvalue weighted by molar-refractivity contribution is -0.136. The predicted octanol–water partition coefficient (Wildman–Crippen LogP) is 2.94. The Hall–Kier alpha value is -2.27. The molecule has 0 spiro atoms. The zero-order valence-electron chi connectivity index (χ0n) is 10.5. The number of anilines is 1. The van der Waals surface area contributed by atoms with Gasteiger partial charge < -0.3 is 15.4 Å². The van der Waals surface area contributed by atoms with Crippen LogP contribution in [0.15, 0.2) is 36.5 Å². The highest BCUT2D eigenvalue weighted by Crippen LogP contribution is 2.15. The summed E-state index contributed by atoms with van der Waals surface area (Å²) >= 11 is 5.74. The second-order valence-corrected chi connectivity index (χ2v) is 4.72. The van der Waals surface area contributed by atoms with Gasteiger partial charge in [0.05, 0.1) is 5.02 Å². The van der Waals surface area contributed by atoms with Gasteiger partial charge in [-0.05, 0) is 30.2 Å². The molecule has 104 valence electrons. The van der Waals surface area contributed by atoms with Crippen LogP contribution in [0.3, 0.4) is 0 Å². The van der Waals surface area contributed by atoms with E-state index >= 15 is 0 Å². The Balaban J connectivity index is 2.04. The summed E-state index contributed by atoms with van der Waals surface area (Å²) in [5, 5.41) is 11.8. The van der Waals surface area contributed by atoms with E-state index in [2.05, 4.69) is 10.3 Å². The fourth-order valence-electron chi connectivity index (χ4n) is 1.75. The van der Waals surface area contributed by atoms with Crippen molar-refractivity contribution in [3.8, 4) is 0 Å². The predicted molar refractivity (Wildman–Crippen MR) is 76.2 cm³/mol. The summed E-state index contributed by atoms with van der Waals surface area (Å²) in [6.07, 6.45) is 2.01. The summed E-state index contributed by atoms with van der Waals surface area (Å²) in [7, 11) is 0. The smallest absolute Gasteiger partial charge is 0.303 e. The Morgan fingerprint density at radius 2 is 2.10 bits per heavy atom. The molecule has 0 bridgehead atoms. The lowest BCUT2D eigenvalue weighted by atomic mass is 10.1. The first-order valence-corrected chi connectivity index (χ1v) is 6.38. The number of aromatic amines is 1. The van der Waals surface area contributed by atoms with Gasteiger partial charge in [-0.3, -0.25) is 9.59 Å². The molecule has 0 aliphatic carbocycles. The third-order valence-electron chi connectivity index (χ3n) is 2.70. The van der Waals surface area contributed by atoms with Crippen molar-refractivity contribution >= 4 is 29.2 Å². The molecule has 6 heteroatoms. The van der Waals surface area contributed by atoms with Crippen molar-refractivity contribution in [1.29, 1.82) is 0 Å². The maximum absolute atomic E-state index is 11.9. The molecule has 1 amide bonds. The van der Waals surface area contributed by atoms with E-state index in [0.29, 0.717) is 22.8 Å². The monoisotopic (exact) mass is 292 g/mol. The molecule has 0 atom stereocenters. The Bertz CT molecular complexity index is 637. The summed E-state index contributed by atoms with van der Waals surface area (Å²) in [6, 6.07) is 8.63. The summed E-state index contributed by atoms with van der Waals surface area (Å²) in [6.45, 7) is 0. The zero-order valence-corrected chi connectivity index (χ0v) is 11.3. The zero-order chi connectivity index (χ0) is 14.5. The molecule has 2 aromatic rings. The Labute approximate surface area is 120 Å². The third kappa shape index (κ3) is 3.86. The molecule has 0 unspecified atom stereocenters. The number of aliphatic carboxylic acids is 1. The first kappa shape index (κ1) is 14.1. The fourth-order valence-corrected chi connectivity index (χ4v) is 1.92. The van der Waals surface area contributed by atoms with E-state index in [0.717, 1.165) is 5.56 Å². The van der Waals surface area contributed by atoms with Crippen LogP contribution in [0.4, 0.5) is 5.69 Å². The molecule has 0 radical (unpaired) electrons. The first-order chi connectivity index (χ1) is 9.54. The number of amides is 1. The van der Waals surface area contributed by atoms with Gasteiger partial charge in [-0.2, -0.15) is 0 Å². The standard InChI is InChI=1S/C14H13ClN2O3/c15-10-7-12(16-8-10)14(20)17-11-3-1-2-9(6-11)4-5-13(18)19/h1-3,6-8,16H,4-5H2,(H,17,20)(H,18,19). The van der Waals surface area contributed by atoms with Crippen LogP contribution in [-0.4, -0.2) is 22.0 Å². The molecule has 0 saturated carbocycles. The topological polar surface area (TPSA) is 82.2 Å². The normalized spacial score (nSPS) is 10.2. The van der Waals surface area contributed by atoms with Crippen molar-refractivity contribution in [2.24, 2.45) is 0 Å². The Morgan fingerprint density at radius 1 is 1.30 bits per heavy atom. The molecule has 3 N–H and O–H groups in total. The van der Waals surface area contributed by atoms with E-state index in [-0.39, 0.29) is 12.3 Å². The molecule has 0 aliphatic rings. The van der Waals surface area contributed by atoms with Crippen molar-refractivity contribution in [3.05, 3.63) is 52.8 Å². The summed E-state index contributed by atoms with van der Waals surface area (Å²) in [5.74, 6) is -1.15. The van der Waals surface area contributed by atoms with Gasteiger partial charge in [-0.25, -0.2) is 0 Å². The van der Waals surface area contributed by atoms with Crippen LogP contribution in [0.1, 0.15) is 22.5 Å². The fraction of sp³-hybridized carbons (Fsp3) is 0.143. The molecule has 2 rings (SSSR count). The van der Waals surface area contributed by atoms with Gasteiger partial charge in [-0.15, -0.1) is 0 Å². The Kier molecular flexibility index (Phi) is 4.42. The number of aromatic nitrogens is 1. The number of carbonyl (C=O) groups is 2. The molecular weight excluding hydrogens is 280 g/mol. The van der Waals surface area contributed by atoms with Gasteiger partial charge in [0, 0.05) is 18.3 Å². The van der Waals surface area contributed by atoms with Gasteiger partial charge >= 0.3 is 5.97 Å². The van der Waals surface area contributed by atoms with Crippen molar-refractivity contribution in [1.82, 2.24) is 4.98 Å². The number of H-pyrrole nitrogens is 1. The minimum atomic E-state index is -0.847. The lowest BCUT2D eigenvalue weighted by Crippen LogP contribution is -2.12. The Morgan fingerprint density at radius 3 is 2.75 bits per heavy atom. The van der Waals surface area contributed by atoms with Crippen LogP contribution in [0.25, 0.3) is 0 Å². The molecule has 1 heterocycles. The second-order valence-electron chi connectivity index (χ2n) is 4.28. The van der Waals surface area contributed by atoms with Gasteiger partial charge in [0.1, 0.15) is 5.69 Å². The van der Waals surface area contributed by atoms with Crippen LogP contribution < -0.4 is 5.32 Å². The number of aryl methyl sites for hydroxylation is 1. The second kappa shape index (κ2) is 6.25. The number of hydrogen-bond donors (Lipinski definition) is 3. The van der Waals surface area contributed by atoms with Gasteiger partial charge in [0.15, 0.2) is 0 Å². The lowest BCUT2D eigenvalue weighted by Gasteiger charge is -2.06. The highest BCUT2D eigenvalue weighted by molar-refractivity contribution is 6.31. The van der Waals surface area contributed by atoms with E-state index in [9.17, 15) is 9.59 Å². The first-order valence-electron chi connectivity index (χ1n) is 6.00. The number of benzene rings is 1. The highest BCUT2D eigenvalue weighted by Gasteiger charge is 2.08. The molecule has 0 fully saturated rings. The molecule has 1 aromatic heterocycles. The number of carboxylic acid groups (broad SMARTS) is 1. The van der Waals surface area contributed by atoms with Crippen LogP contribution in [0, 0.1) is 0 Å². The maximum Gasteiger partial charge on any atom is 0.303 e. The van der Waals surface area contributed by atoms with Gasteiger partial charge in [0.25, 0.3) is 5.91 Å². The third-order valence-corrected chi connectivity index (χ3v) is 2.92. The maximum atomic E-state index is 11.9. The summed E-state index contributed by atoms with van der Waals surface area (Å²) in [5.41, 5.74) is 1.84. The minimum Gasteiger partial charge on any atom is -0.481 e. The number of nitrogens with one attached hydrogen (secondary N) is 2. The molecule has 1 aromatic carbocycles. The van der Waals surface area contributed by atoms with Crippen LogP contribution in [0.5, 0.6) is 0 Å². The average Bonchev–Trinajstić information content (AvgIpc) is 2.84. The van der Waals surface area contributed by atoms with Crippen LogP contribution >= 0.6 is 11.6 Å². The van der Waals surface area contributed by atoms with Crippen molar-refractivity contribution in [2.45, 2.75) is 12.8 Å². The summed E-state index contributed by atoms with van der Waals surface area (Å²) < 4.78 is 0. The van der Waals surface area contributed by atoms with E-state index in [1.165, 1.54) is 12.3 Å². The van der Waals surface area contributed by atoms with Gasteiger partial charge in [-0.1, -0.05) is 23.7 Å². The van der Waals surface area contributed by atoms with E-state index in [4.69, 9.17) is 16.7 Å². The molecule has 0 aliphatic heterocycles. The van der Waals surface area contributed by atoms with E-state index in [1.807, 2.05) is 6.07 Å². The molecule has 0 saturated heterocycles. The summed E-state index contributed by atoms with van der Waals surface area (Å²) in [4.78, 5) is 25.2. The van der Waals surface area contributed by atoms with Gasteiger partial charge in [0.2, 0.25) is 0 Å². The number of carboxylic acids is 1. The van der Waals surface area contributed by atoms with Crippen molar-refractivity contribution in [2.75, 3.05) is 5.32 Å². The number of hydrogen-bond acceptors (Lipinski definition) is 2. The molecule has 5 nitrogen and oxygen atoms in total. The largest absolute Gasteiger partial charge is 0.481 e. The quantitative estimate of drug-likeness (QED) is 0.792. The van der Waals surface area contributed by atoms with Crippen molar-refractivity contribution < 1.29 is 14.7 Å². The average molecular weight is 293 g/mol. The number of rotatable bonds is 5. The number of halogens is 1. The van der Waals surface area contributed by atoms with E-state index < -0.39 is 5.97 Å². The van der Waals surface area contributed by atoms with E-state index in [1.54, 1.807) is 18.2 Å². The highest BCUT2D eigenvalue weighted by atomic mass is 35.5. The minimum absolute atomic E-state index is 0.0592. The number of carbonyl (C=O) groups excluding carboxylic acids is 1.